The van der Waals surface area contributed by atoms with Crippen LogP contribution in [0.25, 0.3) is 0 Å². The quantitative estimate of drug-likeness (QED) is 0.644. The van der Waals surface area contributed by atoms with E-state index in [1.165, 1.54) is 23.9 Å². The minimum atomic E-state index is -0.266. The first-order valence-electron chi connectivity index (χ1n) is 8.06. The molecule has 0 aliphatic heterocycles. The van der Waals surface area contributed by atoms with Gasteiger partial charge in [-0.05, 0) is 43.5 Å². The topological polar surface area (TPSA) is 54.9 Å². The number of amides is 1. The lowest BCUT2D eigenvalue weighted by Crippen LogP contribution is -2.47. The number of carbonyl (C=O) groups is 1. The maximum atomic E-state index is 13.1. The molecule has 1 saturated carbocycles. The SMILES string of the molecule is C[C@H](Sc1ncccn1)C(=O)NCC1(c2ccc(F)cc2)CCC1. The summed E-state index contributed by atoms with van der Waals surface area (Å²) in [5.41, 5.74) is 1.04. The number of halogens is 1. The Morgan fingerprint density at radius 1 is 1.29 bits per heavy atom. The summed E-state index contributed by atoms with van der Waals surface area (Å²) in [5, 5.41) is 3.38. The van der Waals surface area contributed by atoms with E-state index in [1.807, 2.05) is 19.1 Å². The van der Waals surface area contributed by atoms with Gasteiger partial charge in [-0.15, -0.1) is 0 Å². The number of carbonyl (C=O) groups excluding carboxylic acids is 1. The van der Waals surface area contributed by atoms with Crippen molar-refractivity contribution in [1.82, 2.24) is 15.3 Å². The summed E-state index contributed by atoms with van der Waals surface area (Å²) < 4.78 is 13.1. The molecule has 1 aliphatic carbocycles. The number of hydrogen-bond donors (Lipinski definition) is 1. The zero-order valence-electron chi connectivity index (χ0n) is 13.5. The van der Waals surface area contributed by atoms with Gasteiger partial charge in [0, 0.05) is 24.4 Å². The van der Waals surface area contributed by atoms with Crippen molar-refractivity contribution in [1.29, 1.82) is 0 Å². The maximum Gasteiger partial charge on any atom is 0.233 e. The van der Waals surface area contributed by atoms with Crippen LogP contribution < -0.4 is 5.32 Å². The Bertz CT molecular complexity index is 689. The van der Waals surface area contributed by atoms with Crippen LogP contribution in [0.1, 0.15) is 31.7 Å². The predicted octanol–water partition coefficient (Wildman–Crippen LogP) is 3.33. The van der Waals surface area contributed by atoms with Crippen molar-refractivity contribution in [3.8, 4) is 0 Å². The zero-order valence-corrected chi connectivity index (χ0v) is 14.4. The second-order valence-corrected chi connectivity index (χ2v) is 7.46. The highest BCUT2D eigenvalue weighted by Crippen LogP contribution is 2.43. The molecule has 0 saturated heterocycles. The van der Waals surface area contributed by atoms with Gasteiger partial charge in [-0.25, -0.2) is 14.4 Å². The van der Waals surface area contributed by atoms with Gasteiger partial charge in [-0.2, -0.15) is 0 Å². The number of aromatic nitrogens is 2. The Morgan fingerprint density at radius 2 is 1.96 bits per heavy atom. The van der Waals surface area contributed by atoms with Gasteiger partial charge in [0.15, 0.2) is 5.16 Å². The fraction of sp³-hybridized carbons (Fsp3) is 0.389. The van der Waals surface area contributed by atoms with Crippen LogP contribution in [0.5, 0.6) is 0 Å². The molecular formula is C18H20FN3OS. The molecule has 6 heteroatoms. The number of benzene rings is 1. The minimum Gasteiger partial charge on any atom is -0.354 e. The molecule has 1 N–H and O–H groups in total. The van der Waals surface area contributed by atoms with Crippen molar-refractivity contribution in [2.75, 3.05) is 6.54 Å². The van der Waals surface area contributed by atoms with Crippen LogP contribution >= 0.6 is 11.8 Å². The standard InChI is InChI=1S/C18H20FN3OS/c1-13(24-17-20-10-3-11-21-17)16(23)22-12-18(8-2-9-18)14-4-6-15(19)7-5-14/h3-7,10-11,13H,2,8-9,12H2,1H3,(H,22,23)/t13-/m0/s1. The molecule has 0 unspecified atom stereocenters. The average molecular weight is 345 g/mol. The molecule has 1 heterocycles. The summed E-state index contributed by atoms with van der Waals surface area (Å²) in [7, 11) is 0. The summed E-state index contributed by atoms with van der Waals surface area (Å²) in [6, 6.07) is 8.38. The summed E-state index contributed by atoms with van der Waals surface area (Å²) in [5.74, 6) is -0.258. The highest BCUT2D eigenvalue weighted by Gasteiger charge is 2.39. The lowest BCUT2D eigenvalue weighted by Gasteiger charge is -2.42. The van der Waals surface area contributed by atoms with Crippen molar-refractivity contribution in [2.24, 2.45) is 0 Å². The number of thioether (sulfide) groups is 1. The van der Waals surface area contributed by atoms with Crippen molar-refractivity contribution < 1.29 is 9.18 Å². The second-order valence-electron chi connectivity index (χ2n) is 6.15. The van der Waals surface area contributed by atoms with E-state index in [2.05, 4.69) is 15.3 Å². The van der Waals surface area contributed by atoms with Gasteiger partial charge in [0.25, 0.3) is 0 Å². The average Bonchev–Trinajstić information content (AvgIpc) is 2.56. The smallest absolute Gasteiger partial charge is 0.233 e. The van der Waals surface area contributed by atoms with Gasteiger partial charge in [-0.1, -0.05) is 30.3 Å². The molecule has 0 bridgehead atoms. The fourth-order valence-corrected chi connectivity index (χ4v) is 3.68. The Labute approximate surface area is 145 Å². The normalized spacial score (nSPS) is 16.9. The first kappa shape index (κ1) is 16.9. The Morgan fingerprint density at radius 3 is 2.54 bits per heavy atom. The molecule has 4 nitrogen and oxygen atoms in total. The van der Waals surface area contributed by atoms with E-state index in [4.69, 9.17) is 0 Å². The van der Waals surface area contributed by atoms with E-state index in [9.17, 15) is 9.18 Å². The van der Waals surface area contributed by atoms with E-state index in [0.29, 0.717) is 11.7 Å². The summed E-state index contributed by atoms with van der Waals surface area (Å²) in [6.45, 7) is 2.43. The molecule has 1 aromatic carbocycles. The van der Waals surface area contributed by atoms with Gasteiger partial charge in [0.05, 0.1) is 5.25 Å². The Hall–Kier alpha value is -1.95. The Balaban J connectivity index is 1.59. The third kappa shape index (κ3) is 3.75. The predicted molar refractivity (Wildman–Crippen MR) is 92.3 cm³/mol. The van der Waals surface area contributed by atoms with Crippen LogP contribution in [0.15, 0.2) is 47.9 Å². The number of rotatable bonds is 6. The highest BCUT2D eigenvalue weighted by atomic mass is 32.2. The molecule has 1 fully saturated rings. The Kier molecular flexibility index (Phi) is 5.14. The zero-order chi connectivity index (χ0) is 17.0. The molecule has 1 atom stereocenters. The maximum absolute atomic E-state index is 13.1. The van der Waals surface area contributed by atoms with Gasteiger partial charge >= 0.3 is 0 Å². The van der Waals surface area contributed by atoms with Gasteiger partial charge in [0.2, 0.25) is 5.91 Å². The largest absolute Gasteiger partial charge is 0.354 e. The summed E-state index contributed by atoms with van der Waals surface area (Å²) in [6.07, 6.45) is 6.50. The first-order valence-corrected chi connectivity index (χ1v) is 8.94. The number of nitrogens with one attached hydrogen (secondary N) is 1. The molecule has 126 valence electrons. The van der Waals surface area contributed by atoms with Crippen LogP contribution in [0.4, 0.5) is 4.39 Å². The van der Waals surface area contributed by atoms with Crippen molar-refractivity contribution in [3.05, 3.63) is 54.1 Å². The van der Waals surface area contributed by atoms with Gasteiger partial charge in [-0.3, -0.25) is 4.79 Å². The highest BCUT2D eigenvalue weighted by molar-refractivity contribution is 8.00. The molecule has 0 spiro atoms. The molecule has 1 aromatic heterocycles. The van der Waals surface area contributed by atoms with E-state index in [1.54, 1.807) is 18.5 Å². The molecule has 3 rings (SSSR count). The van der Waals surface area contributed by atoms with Crippen LogP contribution in [0, 0.1) is 5.82 Å². The lowest BCUT2D eigenvalue weighted by atomic mass is 9.64. The van der Waals surface area contributed by atoms with E-state index in [0.717, 1.165) is 24.8 Å². The number of nitrogens with zero attached hydrogens (tertiary/aromatic N) is 2. The monoisotopic (exact) mass is 345 g/mol. The third-order valence-electron chi connectivity index (χ3n) is 4.56. The number of hydrogen-bond acceptors (Lipinski definition) is 4. The van der Waals surface area contributed by atoms with E-state index >= 15 is 0 Å². The van der Waals surface area contributed by atoms with Crippen molar-refractivity contribution in [2.45, 2.75) is 42.0 Å². The van der Waals surface area contributed by atoms with Crippen LogP contribution in [-0.2, 0) is 10.2 Å². The van der Waals surface area contributed by atoms with Crippen molar-refractivity contribution in [3.63, 3.8) is 0 Å². The third-order valence-corrected chi connectivity index (χ3v) is 5.55. The summed E-state index contributed by atoms with van der Waals surface area (Å²) >= 11 is 1.34. The van der Waals surface area contributed by atoms with Gasteiger partial charge < -0.3 is 5.32 Å². The van der Waals surface area contributed by atoms with E-state index < -0.39 is 0 Å². The van der Waals surface area contributed by atoms with Crippen LogP contribution in [-0.4, -0.2) is 27.7 Å². The lowest BCUT2D eigenvalue weighted by molar-refractivity contribution is -0.120. The van der Waals surface area contributed by atoms with Gasteiger partial charge in [0.1, 0.15) is 5.82 Å². The molecule has 2 aromatic rings. The molecule has 24 heavy (non-hydrogen) atoms. The fourth-order valence-electron chi connectivity index (χ4n) is 2.93. The molecule has 1 amide bonds. The minimum absolute atomic E-state index is 0.0270. The molecular weight excluding hydrogens is 325 g/mol. The first-order chi connectivity index (χ1) is 11.6. The summed E-state index contributed by atoms with van der Waals surface area (Å²) in [4.78, 5) is 20.6. The van der Waals surface area contributed by atoms with Crippen LogP contribution in [0.3, 0.4) is 0 Å². The van der Waals surface area contributed by atoms with E-state index in [-0.39, 0.29) is 22.4 Å². The van der Waals surface area contributed by atoms with Crippen LogP contribution in [0.2, 0.25) is 0 Å². The molecule has 0 radical (unpaired) electrons. The van der Waals surface area contributed by atoms with Crippen molar-refractivity contribution >= 4 is 17.7 Å². The molecule has 1 aliphatic rings. The second kappa shape index (κ2) is 7.30.